The predicted octanol–water partition coefficient (Wildman–Crippen LogP) is -0.349. The van der Waals surface area contributed by atoms with Gasteiger partial charge < -0.3 is 0 Å². The van der Waals surface area contributed by atoms with Gasteiger partial charge in [0.2, 0.25) is 0 Å². The summed E-state index contributed by atoms with van der Waals surface area (Å²) in [6, 6.07) is 0. The largest absolute Gasteiger partial charge is 0.293 e. The minimum atomic E-state index is -0.465. The molecule has 3 heterocycles. The molecule has 7 nitrogen and oxygen atoms in total. The third-order valence-electron chi connectivity index (χ3n) is 2.89. The van der Waals surface area contributed by atoms with Crippen molar-refractivity contribution in [2.75, 3.05) is 0 Å². The molecule has 0 spiro atoms. The minimum absolute atomic E-state index is 0.00241. The van der Waals surface area contributed by atoms with E-state index >= 15 is 0 Å². The van der Waals surface area contributed by atoms with Crippen molar-refractivity contribution < 1.29 is 4.79 Å². The average Bonchev–Trinajstić information content (AvgIpc) is 2.90. The van der Waals surface area contributed by atoms with Crippen LogP contribution in [0, 0.1) is 6.92 Å². The Morgan fingerprint density at radius 1 is 1.06 bits per heavy atom. The first-order chi connectivity index (χ1) is 8.52. The zero-order chi connectivity index (χ0) is 13.0. The van der Waals surface area contributed by atoms with Gasteiger partial charge in [-0.25, -0.2) is 9.97 Å². The Morgan fingerprint density at radius 2 is 1.61 bits per heavy atom. The number of Topliss-reactive ketones (excluding diaryl/α,β-unsaturated/α-hetero) is 1. The van der Waals surface area contributed by atoms with E-state index in [1.807, 2.05) is 0 Å². The number of imidazole rings is 2. The second kappa shape index (κ2) is 3.22. The number of carbonyl (C=O) groups is 1. The molecule has 18 heavy (non-hydrogen) atoms. The normalized spacial score (nSPS) is 11.4. The van der Waals surface area contributed by atoms with Gasteiger partial charge in [-0.3, -0.25) is 23.2 Å². The summed E-state index contributed by atoms with van der Waals surface area (Å²) in [4.78, 5) is 43.5. The number of hydrogen-bond donors (Lipinski definition) is 0. The number of ketones is 1. The Kier molecular flexibility index (Phi) is 1.89. The van der Waals surface area contributed by atoms with Crippen LogP contribution in [0.1, 0.15) is 23.1 Å². The summed E-state index contributed by atoms with van der Waals surface area (Å²) in [5, 5.41) is 0. The average molecular weight is 244 g/mol. The fourth-order valence-electron chi connectivity index (χ4n) is 2.04. The highest BCUT2D eigenvalue weighted by molar-refractivity contribution is 5.98. The Labute approximate surface area is 99.7 Å². The summed E-state index contributed by atoms with van der Waals surface area (Å²) in [5.41, 5.74) is -0.188. The fourth-order valence-corrected chi connectivity index (χ4v) is 2.04. The van der Waals surface area contributed by atoms with Crippen LogP contribution < -0.4 is 11.1 Å². The molecule has 0 radical (unpaired) electrons. The van der Waals surface area contributed by atoms with Crippen LogP contribution in [0.3, 0.4) is 0 Å². The van der Waals surface area contributed by atoms with Crippen LogP contribution in [0.15, 0.2) is 22.2 Å². The third-order valence-corrected chi connectivity index (χ3v) is 2.89. The van der Waals surface area contributed by atoms with E-state index < -0.39 is 11.1 Å². The topological polar surface area (TPSA) is 85.8 Å². The van der Waals surface area contributed by atoms with E-state index in [0.29, 0.717) is 5.69 Å². The molecular weight excluding hydrogens is 236 g/mol. The van der Waals surface area contributed by atoms with Crippen LogP contribution >= 0.6 is 0 Å². The quantitative estimate of drug-likeness (QED) is 0.546. The molecule has 0 aromatic carbocycles. The Balaban J connectivity index is 2.71. The van der Waals surface area contributed by atoms with Crippen LogP contribution in [0.5, 0.6) is 0 Å². The second-order valence-electron chi connectivity index (χ2n) is 4.03. The second-order valence-corrected chi connectivity index (χ2v) is 4.03. The summed E-state index contributed by atoms with van der Waals surface area (Å²) in [6.45, 7) is 2.94. The molecule has 0 aliphatic heterocycles. The van der Waals surface area contributed by atoms with Crippen LogP contribution in [0.25, 0.3) is 11.0 Å². The van der Waals surface area contributed by atoms with Gasteiger partial charge in [-0.05, 0) is 6.92 Å². The van der Waals surface area contributed by atoms with Gasteiger partial charge in [0, 0.05) is 6.92 Å². The van der Waals surface area contributed by atoms with Gasteiger partial charge in [0.25, 0.3) is 11.1 Å². The molecule has 0 aliphatic rings. The highest BCUT2D eigenvalue weighted by atomic mass is 16.1. The van der Waals surface area contributed by atoms with E-state index in [-0.39, 0.29) is 22.5 Å². The van der Waals surface area contributed by atoms with Crippen LogP contribution in [-0.4, -0.2) is 24.6 Å². The van der Waals surface area contributed by atoms with E-state index in [1.165, 1.54) is 19.6 Å². The number of nitrogens with zero attached hydrogens (tertiary/aromatic N) is 4. The van der Waals surface area contributed by atoms with Gasteiger partial charge in [0.05, 0.1) is 5.69 Å². The maximum absolute atomic E-state index is 12.2. The number of hydrogen-bond acceptors (Lipinski definition) is 5. The van der Waals surface area contributed by atoms with Gasteiger partial charge in [-0.1, -0.05) is 0 Å². The molecule has 0 atom stereocenters. The van der Waals surface area contributed by atoms with E-state index in [1.54, 1.807) is 6.92 Å². The lowest BCUT2D eigenvalue weighted by Crippen LogP contribution is -2.26. The summed E-state index contributed by atoms with van der Waals surface area (Å²) in [7, 11) is 0. The first-order valence-corrected chi connectivity index (χ1v) is 5.24. The highest BCUT2D eigenvalue weighted by Gasteiger charge is 2.19. The van der Waals surface area contributed by atoms with Crippen molar-refractivity contribution in [3.63, 3.8) is 0 Å². The van der Waals surface area contributed by atoms with Crippen molar-refractivity contribution in [1.82, 2.24) is 18.8 Å². The van der Waals surface area contributed by atoms with E-state index in [4.69, 9.17) is 0 Å². The molecule has 90 valence electrons. The molecule has 0 fully saturated rings. The molecule has 0 bridgehead atoms. The van der Waals surface area contributed by atoms with Crippen molar-refractivity contribution in [3.8, 4) is 0 Å². The number of fused-ring (bicyclic) bond motifs is 2. The smallest absolute Gasteiger partial charge is 0.283 e. The summed E-state index contributed by atoms with van der Waals surface area (Å²) in [6.07, 6.45) is 2.48. The van der Waals surface area contributed by atoms with Gasteiger partial charge in [-0.2, -0.15) is 0 Å². The monoisotopic (exact) mass is 244 g/mol. The third kappa shape index (κ3) is 1.10. The molecule has 0 aliphatic carbocycles. The molecule has 0 unspecified atom stereocenters. The zero-order valence-electron chi connectivity index (χ0n) is 9.67. The summed E-state index contributed by atoms with van der Waals surface area (Å²) < 4.78 is 2.25. The lowest BCUT2D eigenvalue weighted by Gasteiger charge is -1.96. The van der Waals surface area contributed by atoms with Crippen molar-refractivity contribution in [3.05, 3.63) is 44.8 Å². The highest BCUT2D eigenvalue weighted by Crippen LogP contribution is 2.06. The van der Waals surface area contributed by atoms with Gasteiger partial charge in [-0.15, -0.1) is 0 Å². The van der Waals surface area contributed by atoms with E-state index in [9.17, 15) is 14.4 Å². The predicted molar refractivity (Wildman–Crippen MR) is 62.4 cm³/mol. The van der Waals surface area contributed by atoms with Crippen molar-refractivity contribution in [2.24, 2.45) is 0 Å². The summed E-state index contributed by atoms with van der Waals surface area (Å²) in [5.74, 6) is -0.356. The fraction of sp³-hybridized carbons (Fsp3) is 0.182. The Hall–Kier alpha value is -2.57. The molecule has 3 rings (SSSR count). The number of aromatic nitrogens is 4. The van der Waals surface area contributed by atoms with Crippen LogP contribution in [-0.2, 0) is 0 Å². The molecular formula is C11H8N4O3. The standard InChI is InChI=1S/C11H8N4O3/c1-5-8-10(17)15-4-13-7(6(2)16)9(15)11(18)14(8)3-12-5/h3-4H,1-2H3. The lowest BCUT2D eigenvalue weighted by atomic mass is 10.3. The summed E-state index contributed by atoms with van der Waals surface area (Å²) >= 11 is 0. The minimum Gasteiger partial charge on any atom is -0.293 e. The molecule has 0 amide bonds. The van der Waals surface area contributed by atoms with Gasteiger partial charge in [0.15, 0.2) is 5.78 Å². The van der Waals surface area contributed by atoms with E-state index in [0.717, 1.165) is 8.80 Å². The SMILES string of the molecule is CC(=O)c1ncn2c(=O)c3c(C)ncn3c(=O)c12. The van der Waals surface area contributed by atoms with Crippen molar-refractivity contribution >= 4 is 16.8 Å². The van der Waals surface area contributed by atoms with E-state index in [2.05, 4.69) is 9.97 Å². The zero-order valence-corrected chi connectivity index (χ0v) is 9.67. The first-order valence-electron chi connectivity index (χ1n) is 5.24. The van der Waals surface area contributed by atoms with Gasteiger partial charge >= 0.3 is 0 Å². The number of carbonyl (C=O) groups excluding carboxylic acids is 1. The van der Waals surface area contributed by atoms with Gasteiger partial charge in [0.1, 0.15) is 29.4 Å². The number of aryl methyl sites for hydroxylation is 1. The molecule has 0 saturated carbocycles. The maximum Gasteiger partial charge on any atom is 0.283 e. The molecule has 3 aromatic heterocycles. The molecule has 0 saturated heterocycles. The maximum atomic E-state index is 12.2. The van der Waals surface area contributed by atoms with Crippen LogP contribution in [0.2, 0.25) is 0 Å². The number of rotatable bonds is 1. The first kappa shape index (κ1) is 10.6. The van der Waals surface area contributed by atoms with Crippen molar-refractivity contribution in [1.29, 1.82) is 0 Å². The Bertz CT molecular complexity index is 906. The molecule has 3 aromatic rings. The Morgan fingerprint density at radius 3 is 2.28 bits per heavy atom. The molecule has 0 N–H and O–H groups in total. The van der Waals surface area contributed by atoms with Crippen LogP contribution in [0.4, 0.5) is 0 Å². The lowest BCUT2D eigenvalue weighted by molar-refractivity contribution is 0.101. The molecule has 7 heteroatoms. The van der Waals surface area contributed by atoms with Crippen molar-refractivity contribution in [2.45, 2.75) is 13.8 Å².